The van der Waals surface area contributed by atoms with Crippen LogP contribution in [0.2, 0.25) is 0 Å². The Morgan fingerprint density at radius 2 is 1.93 bits per heavy atom. The highest BCUT2D eigenvalue weighted by molar-refractivity contribution is 5.83. The van der Waals surface area contributed by atoms with Crippen LogP contribution in [0.4, 0.5) is 0 Å². The lowest BCUT2D eigenvalue weighted by molar-refractivity contribution is -0.0549. The van der Waals surface area contributed by atoms with Crippen LogP contribution in [0, 0.1) is 5.41 Å². The molecule has 0 bridgehead atoms. The minimum Gasteiger partial charge on any atom is -0.370 e. The highest BCUT2D eigenvalue weighted by atomic mass is 16.5. The molecule has 4 rings (SSSR count). The van der Waals surface area contributed by atoms with Crippen LogP contribution >= 0.6 is 0 Å². The minimum absolute atomic E-state index is 0.0728. The predicted octanol–water partition coefficient (Wildman–Crippen LogP) is 6.01. The van der Waals surface area contributed by atoms with E-state index in [1.807, 2.05) is 12.4 Å². The molecule has 0 spiro atoms. The first-order valence-corrected chi connectivity index (χ1v) is 10.0. The number of aryl methyl sites for hydroxylation is 1. The van der Waals surface area contributed by atoms with E-state index in [9.17, 15) is 0 Å². The average Bonchev–Trinajstić information content (AvgIpc) is 3.08. The standard InChI is InChI=1S/C24H30N2O/c1-17(19-10-9-18-7-5-6-8-20(18)15-19)27-22-11-12-24(2,3)16-21(22)23-25-13-14-26(23)4/h5-10,13-15,17,21-22H,11-12,16H2,1-4H3. The lowest BCUT2D eigenvalue weighted by atomic mass is 9.70. The van der Waals surface area contributed by atoms with Crippen LogP contribution in [0.25, 0.3) is 10.8 Å². The fraction of sp³-hybridized carbons (Fsp3) is 0.458. The number of hydrogen-bond donors (Lipinski definition) is 0. The predicted molar refractivity (Wildman–Crippen MR) is 111 cm³/mol. The maximum Gasteiger partial charge on any atom is 0.114 e. The van der Waals surface area contributed by atoms with Crippen LogP contribution in [-0.4, -0.2) is 15.7 Å². The van der Waals surface area contributed by atoms with E-state index in [0.29, 0.717) is 11.3 Å². The molecule has 0 saturated heterocycles. The van der Waals surface area contributed by atoms with Gasteiger partial charge in [0, 0.05) is 25.4 Å². The Morgan fingerprint density at radius 1 is 1.15 bits per heavy atom. The van der Waals surface area contributed by atoms with Gasteiger partial charge in [0.05, 0.1) is 12.2 Å². The molecule has 1 heterocycles. The van der Waals surface area contributed by atoms with Crippen LogP contribution in [0.15, 0.2) is 54.9 Å². The highest BCUT2D eigenvalue weighted by Crippen LogP contribution is 2.45. The second-order valence-corrected chi connectivity index (χ2v) is 8.83. The Morgan fingerprint density at radius 3 is 2.67 bits per heavy atom. The van der Waals surface area contributed by atoms with Gasteiger partial charge >= 0.3 is 0 Å². The second-order valence-electron chi connectivity index (χ2n) is 8.83. The Bertz CT molecular complexity index is 927. The molecule has 1 aliphatic carbocycles. The molecule has 27 heavy (non-hydrogen) atoms. The van der Waals surface area contributed by atoms with Gasteiger partial charge in [-0.25, -0.2) is 4.98 Å². The van der Waals surface area contributed by atoms with Crippen LogP contribution in [-0.2, 0) is 11.8 Å². The average molecular weight is 363 g/mol. The molecule has 0 radical (unpaired) electrons. The molecule has 0 amide bonds. The summed E-state index contributed by atoms with van der Waals surface area (Å²) in [6, 6.07) is 15.2. The number of aromatic nitrogens is 2. The van der Waals surface area contributed by atoms with E-state index in [-0.39, 0.29) is 12.2 Å². The van der Waals surface area contributed by atoms with Crippen LogP contribution in [0.5, 0.6) is 0 Å². The first kappa shape index (κ1) is 18.2. The Kier molecular flexibility index (Phi) is 4.81. The van der Waals surface area contributed by atoms with Crippen molar-refractivity contribution in [1.82, 2.24) is 9.55 Å². The molecule has 1 fully saturated rings. The second kappa shape index (κ2) is 7.12. The molecule has 3 aromatic rings. The van der Waals surface area contributed by atoms with Crippen molar-refractivity contribution < 1.29 is 4.74 Å². The number of fused-ring (bicyclic) bond motifs is 1. The summed E-state index contributed by atoms with van der Waals surface area (Å²) in [6.45, 7) is 6.91. The fourth-order valence-electron chi connectivity index (χ4n) is 4.52. The van der Waals surface area contributed by atoms with Gasteiger partial charge in [-0.3, -0.25) is 0 Å². The smallest absolute Gasteiger partial charge is 0.114 e. The summed E-state index contributed by atoms with van der Waals surface area (Å²) in [5, 5.41) is 2.55. The number of hydrogen-bond acceptors (Lipinski definition) is 2. The van der Waals surface area contributed by atoms with Crippen molar-refractivity contribution >= 4 is 10.8 Å². The molecule has 1 aromatic heterocycles. The third-order valence-corrected chi connectivity index (χ3v) is 6.14. The molecule has 3 atom stereocenters. The van der Waals surface area contributed by atoms with E-state index in [0.717, 1.165) is 18.7 Å². The number of imidazole rings is 1. The molecular weight excluding hydrogens is 332 g/mol. The first-order valence-electron chi connectivity index (χ1n) is 10.0. The molecule has 0 N–H and O–H groups in total. The third kappa shape index (κ3) is 3.79. The highest BCUT2D eigenvalue weighted by Gasteiger charge is 2.39. The lowest BCUT2D eigenvalue weighted by Crippen LogP contribution is -2.35. The number of nitrogens with zero attached hydrogens (tertiary/aromatic N) is 2. The SMILES string of the molecule is CC(OC1CCC(C)(C)CC1c1nccn1C)c1ccc2ccccc2c1. The normalized spacial score (nSPS) is 23.4. The Hall–Kier alpha value is -2.13. The quantitative estimate of drug-likeness (QED) is 0.568. The van der Waals surface area contributed by atoms with Crippen molar-refractivity contribution in [1.29, 1.82) is 0 Å². The third-order valence-electron chi connectivity index (χ3n) is 6.14. The summed E-state index contributed by atoms with van der Waals surface area (Å²) < 4.78 is 8.81. The molecule has 2 aromatic carbocycles. The minimum atomic E-state index is 0.0728. The molecule has 0 aliphatic heterocycles. The summed E-state index contributed by atoms with van der Waals surface area (Å²) in [6.07, 6.45) is 7.63. The maximum absolute atomic E-state index is 6.66. The molecule has 3 heteroatoms. The Balaban J connectivity index is 1.57. The van der Waals surface area contributed by atoms with Crippen LogP contribution < -0.4 is 0 Å². The molecule has 1 saturated carbocycles. The topological polar surface area (TPSA) is 27.1 Å². The van der Waals surface area contributed by atoms with Gasteiger partial charge in [0.25, 0.3) is 0 Å². The zero-order valence-electron chi connectivity index (χ0n) is 16.9. The van der Waals surface area contributed by atoms with Gasteiger partial charge in [0.2, 0.25) is 0 Å². The van der Waals surface area contributed by atoms with Crippen molar-refractivity contribution in [2.75, 3.05) is 0 Å². The molecule has 1 aliphatic rings. The van der Waals surface area contributed by atoms with E-state index < -0.39 is 0 Å². The Labute approximate surface area is 162 Å². The summed E-state index contributed by atoms with van der Waals surface area (Å²) >= 11 is 0. The van der Waals surface area contributed by atoms with Gasteiger partial charge in [0.1, 0.15) is 5.82 Å². The van der Waals surface area contributed by atoms with Gasteiger partial charge in [-0.15, -0.1) is 0 Å². The van der Waals surface area contributed by atoms with Crippen molar-refractivity contribution in [3.8, 4) is 0 Å². The van der Waals surface area contributed by atoms with E-state index in [1.165, 1.54) is 22.8 Å². The zero-order chi connectivity index (χ0) is 19.0. The van der Waals surface area contributed by atoms with E-state index in [4.69, 9.17) is 4.74 Å². The summed E-state index contributed by atoms with van der Waals surface area (Å²) in [5.41, 5.74) is 1.58. The first-order chi connectivity index (χ1) is 12.9. The number of rotatable bonds is 4. The fourth-order valence-corrected chi connectivity index (χ4v) is 4.52. The summed E-state index contributed by atoms with van der Waals surface area (Å²) in [7, 11) is 2.09. The molecular formula is C24H30N2O. The van der Waals surface area contributed by atoms with E-state index >= 15 is 0 Å². The van der Waals surface area contributed by atoms with Crippen molar-refractivity contribution in [3.05, 3.63) is 66.2 Å². The van der Waals surface area contributed by atoms with Crippen LogP contribution in [0.3, 0.4) is 0 Å². The van der Waals surface area contributed by atoms with Gasteiger partial charge in [-0.05, 0) is 54.0 Å². The van der Waals surface area contributed by atoms with E-state index in [1.54, 1.807) is 0 Å². The van der Waals surface area contributed by atoms with Gasteiger partial charge in [-0.2, -0.15) is 0 Å². The van der Waals surface area contributed by atoms with Crippen LogP contribution in [0.1, 0.15) is 63.4 Å². The van der Waals surface area contributed by atoms with Gasteiger partial charge < -0.3 is 9.30 Å². The van der Waals surface area contributed by atoms with E-state index in [2.05, 4.69) is 79.8 Å². The molecule has 142 valence electrons. The largest absolute Gasteiger partial charge is 0.370 e. The molecule has 3 unspecified atom stereocenters. The molecule has 3 nitrogen and oxygen atoms in total. The van der Waals surface area contributed by atoms with Crippen molar-refractivity contribution in [3.63, 3.8) is 0 Å². The lowest BCUT2D eigenvalue weighted by Gasteiger charge is -2.41. The van der Waals surface area contributed by atoms with Gasteiger partial charge in [0.15, 0.2) is 0 Å². The maximum atomic E-state index is 6.66. The summed E-state index contributed by atoms with van der Waals surface area (Å²) in [4.78, 5) is 4.66. The summed E-state index contributed by atoms with van der Waals surface area (Å²) in [5.74, 6) is 1.50. The number of benzene rings is 2. The van der Waals surface area contributed by atoms with Crippen molar-refractivity contribution in [2.45, 2.75) is 58.2 Å². The monoisotopic (exact) mass is 362 g/mol. The van der Waals surface area contributed by atoms with Crippen molar-refractivity contribution in [2.24, 2.45) is 12.5 Å². The number of ether oxygens (including phenoxy) is 1. The zero-order valence-corrected chi connectivity index (χ0v) is 16.9. The van der Waals surface area contributed by atoms with Gasteiger partial charge in [-0.1, -0.05) is 50.2 Å².